The van der Waals surface area contributed by atoms with Crippen LogP contribution in [0.15, 0.2) is 91.0 Å². The van der Waals surface area contributed by atoms with E-state index in [1.165, 1.54) is 5.56 Å². The van der Waals surface area contributed by atoms with Crippen molar-refractivity contribution < 1.29 is 19.3 Å². The molecule has 0 bridgehead atoms. The molecule has 0 aliphatic carbocycles. The molecule has 4 rings (SSSR count). The fourth-order valence-electron chi connectivity index (χ4n) is 4.28. The number of aromatic hydroxyl groups is 1. The van der Waals surface area contributed by atoms with E-state index in [0.29, 0.717) is 36.0 Å². The number of nitrogen functional groups attached to an aromatic ring is 1. The fourth-order valence-corrected chi connectivity index (χ4v) is 4.28. The van der Waals surface area contributed by atoms with Gasteiger partial charge in [0.05, 0.1) is 12.7 Å². The van der Waals surface area contributed by atoms with Gasteiger partial charge in [-0.1, -0.05) is 60.7 Å². The van der Waals surface area contributed by atoms with E-state index in [9.17, 15) is 5.11 Å². The van der Waals surface area contributed by atoms with Gasteiger partial charge in [0.25, 0.3) is 0 Å². The lowest BCUT2D eigenvalue weighted by molar-refractivity contribution is 0.236. The lowest BCUT2D eigenvalue weighted by atomic mass is 10.00. The molecule has 39 heavy (non-hydrogen) atoms. The Labute approximate surface area is 230 Å². The Balaban J connectivity index is 1.40. The minimum absolute atomic E-state index is 0.0195. The molecular weight excluding hydrogens is 488 g/mol. The van der Waals surface area contributed by atoms with Crippen LogP contribution in [0.2, 0.25) is 0 Å². The van der Waals surface area contributed by atoms with Crippen molar-refractivity contribution in [1.82, 2.24) is 0 Å². The molecule has 0 radical (unpaired) electrons. The van der Waals surface area contributed by atoms with Crippen molar-refractivity contribution >= 4 is 5.84 Å². The van der Waals surface area contributed by atoms with Gasteiger partial charge in [-0.05, 0) is 61.1 Å². The number of nitrogens with two attached hydrogens (primary N) is 1. The van der Waals surface area contributed by atoms with Gasteiger partial charge in [0, 0.05) is 30.2 Å². The van der Waals surface area contributed by atoms with Crippen molar-refractivity contribution in [3.8, 4) is 23.0 Å². The minimum atomic E-state index is 0.0195. The van der Waals surface area contributed by atoms with Crippen molar-refractivity contribution in [2.24, 2.45) is 5.73 Å². The quantitative estimate of drug-likeness (QED) is 0.138. The molecule has 0 heterocycles. The van der Waals surface area contributed by atoms with Crippen molar-refractivity contribution in [3.05, 3.63) is 119 Å². The molecule has 4 aromatic rings. The van der Waals surface area contributed by atoms with Crippen LogP contribution in [0.3, 0.4) is 0 Å². The summed E-state index contributed by atoms with van der Waals surface area (Å²) >= 11 is 0. The van der Waals surface area contributed by atoms with Crippen molar-refractivity contribution in [2.75, 3.05) is 6.61 Å². The zero-order chi connectivity index (χ0) is 27.6. The highest BCUT2D eigenvalue weighted by molar-refractivity contribution is 5.94. The molecule has 0 fully saturated rings. The number of hydrogen-bond donors (Lipinski definition) is 3. The summed E-state index contributed by atoms with van der Waals surface area (Å²) in [6, 6.07) is 29.0. The van der Waals surface area contributed by atoms with E-state index in [0.717, 1.165) is 36.0 Å². The third-order valence-electron chi connectivity index (χ3n) is 6.26. The molecule has 0 spiro atoms. The Morgan fingerprint density at radius 1 is 0.744 bits per heavy atom. The first-order valence-electron chi connectivity index (χ1n) is 13.2. The number of hydrogen-bond acceptors (Lipinski definition) is 5. The van der Waals surface area contributed by atoms with Crippen molar-refractivity contribution in [3.63, 3.8) is 0 Å². The molecular formula is C33H36N2O4. The number of ether oxygens (including phenoxy) is 3. The van der Waals surface area contributed by atoms with Gasteiger partial charge in [0.15, 0.2) is 0 Å². The van der Waals surface area contributed by atoms with E-state index in [2.05, 4.69) is 12.1 Å². The molecule has 0 aliphatic rings. The molecule has 0 aromatic heterocycles. The highest BCUT2D eigenvalue weighted by atomic mass is 16.5. The third kappa shape index (κ3) is 8.54. The maximum absolute atomic E-state index is 9.76. The second-order valence-electron chi connectivity index (χ2n) is 9.74. The van der Waals surface area contributed by atoms with E-state index in [1.807, 2.05) is 86.6 Å². The second kappa shape index (κ2) is 13.4. The number of aryl methyl sites for hydroxylation is 2. The molecule has 4 N–H and O–H groups in total. The van der Waals surface area contributed by atoms with Gasteiger partial charge in [-0.3, -0.25) is 5.41 Å². The van der Waals surface area contributed by atoms with Crippen molar-refractivity contribution in [1.29, 1.82) is 5.41 Å². The summed E-state index contributed by atoms with van der Waals surface area (Å²) in [7, 11) is 0. The Kier molecular flexibility index (Phi) is 9.46. The average molecular weight is 525 g/mol. The summed E-state index contributed by atoms with van der Waals surface area (Å²) in [4.78, 5) is 0. The average Bonchev–Trinajstić information content (AvgIpc) is 2.91. The summed E-state index contributed by atoms with van der Waals surface area (Å²) in [5.41, 5.74) is 10.8. The summed E-state index contributed by atoms with van der Waals surface area (Å²) < 4.78 is 18.3. The predicted octanol–water partition coefficient (Wildman–Crippen LogP) is 6.45. The summed E-state index contributed by atoms with van der Waals surface area (Å²) in [5.74, 6) is 2.40. The second-order valence-corrected chi connectivity index (χ2v) is 9.74. The highest BCUT2D eigenvalue weighted by Gasteiger charge is 2.09. The van der Waals surface area contributed by atoms with Gasteiger partial charge in [-0.15, -0.1) is 0 Å². The molecule has 0 amide bonds. The van der Waals surface area contributed by atoms with Gasteiger partial charge in [0.1, 0.15) is 35.4 Å². The Bertz CT molecular complexity index is 1380. The summed E-state index contributed by atoms with van der Waals surface area (Å²) in [6.07, 6.45) is 2.42. The number of phenols is 1. The highest BCUT2D eigenvalue weighted by Crippen LogP contribution is 2.30. The molecule has 6 heteroatoms. The molecule has 0 unspecified atom stereocenters. The third-order valence-corrected chi connectivity index (χ3v) is 6.26. The van der Waals surface area contributed by atoms with Gasteiger partial charge in [-0.25, -0.2) is 0 Å². The molecule has 0 saturated carbocycles. The number of nitrogens with one attached hydrogen (secondary N) is 1. The first kappa shape index (κ1) is 27.6. The predicted molar refractivity (Wildman–Crippen MR) is 155 cm³/mol. The van der Waals surface area contributed by atoms with E-state index >= 15 is 0 Å². The SMILES string of the molecule is CC(C)Oc1cc(OCCc2ccc(C(=N)N)cc2)cc(OCc2ccccc2CCc2cccc(O)c2)c1. The molecule has 202 valence electrons. The normalized spacial score (nSPS) is 10.8. The van der Waals surface area contributed by atoms with Gasteiger partial charge < -0.3 is 25.1 Å². The standard InChI is InChI=1S/C33H36N2O4/c1-23(2)39-32-20-30(37-17-16-24-10-14-27(15-11-24)33(34)35)19-31(21-32)38-22-28-8-4-3-7-26(28)13-12-25-6-5-9-29(36)18-25/h3-11,14-15,18-21,23,36H,12-13,16-17,22H2,1-2H3,(H3,34,35). The number of phenolic OH excluding ortho intramolecular Hbond substituents is 1. The van der Waals surface area contributed by atoms with Crippen LogP contribution in [0.4, 0.5) is 0 Å². The number of rotatable bonds is 13. The van der Waals surface area contributed by atoms with Gasteiger partial charge in [-0.2, -0.15) is 0 Å². The van der Waals surface area contributed by atoms with Crippen LogP contribution < -0.4 is 19.9 Å². The monoisotopic (exact) mass is 524 g/mol. The fraction of sp³-hybridized carbons (Fsp3) is 0.242. The van der Waals surface area contributed by atoms with E-state index < -0.39 is 0 Å². The summed E-state index contributed by atoms with van der Waals surface area (Å²) in [5, 5.41) is 17.3. The smallest absolute Gasteiger partial charge is 0.127 e. The largest absolute Gasteiger partial charge is 0.508 e. The molecule has 0 aliphatic heterocycles. The maximum Gasteiger partial charge on any atom is 0.127 e. The summed E-state index contributed by atoms with van der Waals surface area (Å²) in [6.45, 7) is 4.88. The molecule has 4 aromatic carbocycles. The van der Waals surface area contributed by atoms with Crippen LogP contribution in [-0.4, -0.2) is 23.7 Å². The Morgan fingerprint density at radius 2 is 1.44 bits per heavy atom. The lowest BCUT2D eigenvalue weighted by Gasteiger charge is -2.16. The van der Waals surface area contributed by atoms with Crippen LogP contribution in [0.1, 0.15) is 41.7 Å². The number of benzene rings is 4. The first-order chi connectivity index (χ1) is 18.9. The van der Waals surface area contributed by atoms with E-state index in [1.54, 1.807) is 6.07 Å². The Morgan fingerprint density at radius 3 is 2.13 bits per heavy atom. The van der Waals surface area contributed by atoms with Crippen molar-refractivity contribution in [2.45, 2.75) is 45.8 Å². The van der Waals surface area contributed by atoms with Crippen LogP contribution >= 0.6 is 0 Å². The van der Waals surface area contributed by atoms with Gasteiger partial charge >= 0.3 is 0 Å². The minimum Gasteiger partial charge on any atom is -0.508 e. The zero-order valence-corrected chi connectivity index (χ0v) is 22.5. The van der Waals surface area contributed by atoms with Crippen LogP contribution in [-0.2, 0) is 25.9 Å². The zero-order valence-electron chi connectivity index (χ0n) is 22.5. The molecule has 0 saturated heterocycles. The number of amidine groups is 1. The van der Waals surface area contributed by atoms with Gasteiger partial charge in [0.2, 0.25) is 0 Å². The lowest BCUT2D eigenvalue weighted by Crippen LogP contribution is -2.11. The van der Waals surface area contributed by atoms with E-state index in [-0.39, 0.29) is 17.7 Å². The molecule has 0 atom stereocenters. The molecule has 6 nitrogen and oxygen atoms in total. The topological polar surface area (TPSA) is 97.8 Å². The Hall–Kier alpha value is -4.45. The first-order valence-corrected chi connectivity index (χ1v) is 13.2. The van der Waals surface area contributed by atoms with Crippen LogP contribution in [0.5, 0.6) is 23.0 Å². The van der Waals surface area contributed by atoms with Crippen LogP contribution in [0, 0.1) is 5.41 Å². The maximum atomic E-state index is 9.76. The van der Waals surface area contributed by atoms with E-state index in [4.69, 9.17) is 25.4 Å². The van der Waals surface area contributed by atoms with Crippen LogP contribution in [0.25, 0.3) is 0 Å².